The minimum absolute atomic E-state index is 0.0521. The van der Waals surface area contributed by atoms with Crippen LogP contribution in [0.25, 0.3) is 0 Å². The van der Waals surface area contributed by atoms with Gasteiger partial charge in [0.05, 0.1) is 18.4 Å². The van der Waals surface area contributed by atoms with Gasteiger partial charge < -0.3 is 14.5 Å². The van der Waals surface area contributed by atoms with Crippen LogP contribution < -0.4 is 9.64 Å². The summed E-state index contributed by atoms with van der Waals surface area (Å²) in [5.74, 6) is 0.652. The van der Waals surface area contributed by atoms with Gasteiger partial charge in [-0.1, -0.05) is 13.3 Å². The van der Waals surface area contributed by atoms with Crippen LogP contribution in [-0.4, -0.2) is 43.0 Å². The second-order valence-corrected chi connectivity index (χ2v) is 5.88. The molecule has 0 radical (unpaired) electrons. The highest BCUT2D eigenvalue weighted by Gasteiger charge is 2.41. The fraction of sp³-hybridized carbons (Fsp3) is 0.529. The van der Waals surface area contributed by atoms with E-state index < -0.39 is 0 Å². The highest BCUT2D eigenvalue weighted by molar-refractivity contribution is 6.11. The number of nitrogens with zero attached hydrogens (tertiary/aromatic N) is 2. The molecule has 0 bridgehead atoms. The van der Waals surface area contributed by atoms with E-state index in [0.717, 1.165) is 31.4 Å². The fourth-order valence-corrected chi connectivity index (χ4v) is 3.32. The van der Waals surface area contributed by atoms with Gasteiger partial charge in [0.2, 0.25) is 5.91 Å². The zero-order chi connectivity index (χ0) is 15.7. The van der Waals surface area contributed by atoms with Crippen LogP contribution in [0.3, 0.4) is 0 Å². The van der Waals surface area contributed by atoms with E-state index in [-0.39, 0.29) is 17.9 Å². The summed E-state index contributed by atoms with van der Waals surface area (Å²) in [7, 11) is 1.58. The molecule has 118 valence electrons. The Labute approximate surface area is 130 Å². The van der Waals surface area contributed by atoms with Crippen molar-refractivity contribution in [3.05, 3.63) is 23.8 Å². The predicted molar refractivity (Wildman–Crippen MR) is 84.3 cm³/mol. The summed E-state index contributed by atoms with van der Waals surface area (Å²) in [6.07, 6.45) is 3.59. The third-order valence-electron chi connectivity index (χ3n) is 4.52. The van der Waals surface area contributed by atoms with Crippen molar-refractivity contribution in [1.29, 1.82) is 0 Å². The molecule has 2 aliphatic heterocycles. The van der Waals surface area contributed by atoms with Gasteiger partial charge in [-0.15, -0.1) is 0 Å². The molecule has 1 atom stereocenters. The summed E-state index contributed by atoms with van der Waals surface area (Å²) in [6.45, 7) is 3.42. The fourth-order valence-electron chi connectivity index (χ4n) is 3.32. The lowest BCUT2D eigenvalue weighted by molar-refractivity contribution is -0.122. The number of carbonyl (C=O) groups excluding carboxylic acids is 2. The second-order valence-electron chi connectivity index (χ2n) is 5.88. The Morgan fingerprint density at radius 1 is 1.32 bits per heavy atom. The van der Waals surface area contributed by atoms with E-state index >= 15 is 0 Å². The average Bonchev–Trinajstić information content (AvgIpc) is 3.01. The molecule has 2 amide bonds. The summed E-state index contributed by atoms with van der Waals surface area (Å²) in [5.41, 5.74) is 1.30. The van der Waals surface area contributed by atoms with E-state index in [1.165, 1.54) is 0 Å². The number of amides is 2. The van der Waals surface area contributed by atoms with Crippen molar-refractivity contribution >= 4 is 17.5 Å². The molecule has 5 heteroatoms. The summed E-state index contributed by atoms with van der Waals surface area (Å²) in [4.78, 5) is 29.3. The SMILES string of the molecule is CCCCN1C(=O)[C@@H]2CCCN2C(=O)c2cc(OC)ccc21. The van der Waals surface area contributed by atoms with Gasteiger partial charge in [-0.2, -0.15) is 0 Å². The van der Waals surface area contributed by atoms with Crippen LogP contribution in [0.5, 0.6) is 5.75 Å². The standard InChI is InChI=1S/C17H22N2O3/c1-3-4-9-18-14-8-7-12(22-2)11-13(14)16(20)19-10-5-6-15(19)17(18)21/h7-8,11,15H,3-6,9-10H2,1-2H3/t15-/m0/s1. The van der Waals surface area contributed by atoms with Crippen LogP contribution in [0.4, 0.5) is 5.69 Å². The third-order valence-corrected chi connectivity index (χ3v) is 4.52. The lowest BCUT2D eigenvalue weighted by Crippen LogP contribution is -2.45. The van der Waals surface area contributed by atoms with Gasteiger partial charge >= 0.3 is 0 Å². The van der Waals surface area contributed by atoms with Crippen LogP contribution in [-0.2, 0) is 4.79 Å². The molecule has 2 heterocycles. The molecule has 0 saturated carbocycles. The molecule has 22 heavy (non-hydrogen) atoms. The first kappa shape index (κ1) is 14.9. The second kappa shape index (κ2) is 5.99. The lowest BCUT2D eigenvalue weighted by Gasteiger charge is -2.25. The molecular formula is C17H22N2O3. The maximum Gasteiger partial charge on any atom is 0.256 e. The van der Waals surface area contributed by atoms with Crippen LogP contribution in [0.15, 0.2) is 18.2 Å². The predicted octanol–water partition coefficient (Wildman–Crippen LogP) is 2.45. The number of methoxy groups -OCH3 is 1. The third kappa shape index (κ3) is 2.34. The van der Waals surface area contributed by atoms with E-state index in [4.69, 9.17) is 4.74 Å². The maximum atomic E-state index is 12.9. The quantitative estimate of drug-likeness (QED) is 0.858. The lowest BCUT2D eigenvalue weighted by atomic mass is 10.1. The molecular weight excluding hydrogens is 280 g/mol. The highest BCUT2D eigenvalue weighted by Crippen LogP contribution is 2.34. The molecule has 0 aromatic heterocycles. The van der Waals surface area contributed by atoms with Gasteiger partial charge in [0, 0.05) is 13.1 Å². The van der Waals surface area contributed by atoms with Gasteiger partial charge in [0.25, 0.3) is 5.91 Å². The minimum Gasteiger partial charge on any atom is -0.497 e. The maximum absolute atomic E-state index is 12.9. The van der Waals surface area contributed by atoms with Crippen molar-refractivity contribution in [1.82, 2.24) is 4.90 Å². The summed E-state index contributed by atoms with van der Waals surface area (Å²) >= 11 is 0. The van der Waals surface area contributed by atoms with Crippen LogP contribution in [0, 0.1) is 0 Å². The number of hydrogen-bond acceptors (Lipinski definition) is 3. The van der Waals surface area contributed by atoms with Crippen molar-refractivity contribution in [2.45, 2.75) is 38.6 Å². The highest BCUT2D eigenvalue weighted by atomic mass is 16.5. The number of benzene rings is 1. The number of anilines is 1. The number of ether oxygens (including phenoxy) is 1. The van der Waals surface area contributed by atoms with Crippen molar-refractivity contribution in [2.24, 2.45) is 0 Å². The Bertz CT molecular complexity index is 600. The number of carbonyl (C=O) groups is 2. The van der Waals surface area contributed by atoms with Gasteiger partial charge in [-0.05, 0) is 37.5 Å². The van der Waals surface area contributed by atoms with Crippen molar-refractivity contribution in [3.8, 4) is 5.75 Å². The van der Waals surface area contributed by atoms with E-state index in [9.17, 15) is 9.59 Å². The molecule has 1 fully saturated rings. The first-order chi connectivity index (χ1) is 10.7. The van der Waals surface area contributed by atoms with E-state index in [1.807, 2.05) is 12.1 Å². The van der Waals surface area contributed by atoms with E-state index in [0.29, 0.717) is 24.4 Å². The van der Waals surface area contributed by atoms with Crippen molar-refractivity contribution in [3.63, 3.8) is 0 Å². The van der Waals surface area contributed by atoms with Gasteiger partial charge in [0.1, 0.15) is 11.8 Å². The largest absolute Gasteiger partial charge is 0.497 e. The molecule has 5 nitrogen and oxygen atoms in total. The number of hydrogen-bond donors (Lipinski definition) is 0. The van der Waals surface area contributed by atoms with Gasteiger partial charge in [-0.3, -0.25) is 9.59 Å². The van der Waals surface area contributed by atoms with E-state index in [1.54, 1.807) is 23.0 Å². The zero-order valence-corrected chi connectivity index (χ0v) is 13.2. The Kier molecular flexibility index (Phi) is 4.05. The molecule has 1 aromatic carbocycles. The summed E-state index contributed by atoms with van der Waals surface area (Å²) < 4.78 is 5.25. The minimum atomic E-state index is -0.303. The smallest absolute Gasteiger partial charge is 0.256 e. The topological polar surface area (TPSA) is 49.9 Å². The van der Waals surface area contributed by atoms with E-state index in [2.05, 4.69) is 6.92 Å². The molecule has 1 saturated heterocycles. The van der Waals surface area contributed by atoms with Crippen LogP contribution in [0.2, 0.25) is 0 Å². The van der Waals surface area contributed by atoms with Crippen LogP contribution in [0.1, 0.15) is 43.0 Å². The Morgan fingerprint density at radius 3 is 2.86 bits per heavy atom. The average molecular weight is 302 g/mol. The molecule has 1 aromatic rings. The first-order valence-corrected chi connectivity index (χ1v) is 7.97. The number of rotatable bonds is 4. The van der Waals surface area contributed by atoms with Crippen molar-refractivity contribution < 1.29 is 14.3 Å². The Balaban J connectivity index is 2.09. The zero-order valence-electron chi connectivity index (χ0n) is 13.2. The van der Waals surface area contributed by atoms with Gasteiger partial charge in [-0.25, -0.2) is 0 Å². The number of unbranched alkanes of at least 4 members (excludes halogenated alkanes) is 1. The summed E-state index contributed by atoms with van der Waals surface area (Å²) in [6, 6.07) is 5.10. The molecule has 3 rings (SSSR count). The molecule has 0 unspecified atom stereocenters. The Hall–Kier alpha value is -2.04. The Morgan fingerprint density at radius 2 is 2.14 bits per heavy atom. The van der Waals surface area contributed by atoms with Crippen molar-refractivity contribution in [2.75, 3.05) is 25.1 Å². The monoisotopic (exact) mass is 302 g/mol. The number of fused-ring (bicyclic) bond motifs is 2. The normalized spacial score (nSPS) is 20.7. The molecule has 0 spiro atoms. The first-order valence-electron chi connectivity index (χ1n) is 7.97. The van der Waals surface area contributed by atoms with Gasteiger partial charge in [0.15, 0.2) is 0 Å². The molecule has 0 N–H and O–H groups in total. The molecule has 0 aliphatic carbocycles. The van der Waals surface area contributed by atoms with Crippen LogP contribution >= 0.6 is 0 Å². The molecule has 2 aliphatic rings. The summed E-state index contributed by atoms with van der Waals surface area (Å²) in [5, 5.41) is 0.